The second-order valence-electron chi connectivity index (χ2n) is 3.92. The van der Waals surface area contributed by atoms with Gasteiger partial charge in [0, 0.05) is 12.1 Å². The minimum absolute atomic E-state index is 0.655. The Balaban J connectivity index is 3.64. The van der Waals surface area contributed by atoms with E-state index < -0.39 is 0 Å². The third kappa shape index (κ3) is 4.73. The van der Waals surface area contributed by atoms with Crippen molar-refractivity contribution in [3.63, 3.8) is 0 Å². The summed E-state index contributed by atoms with van der Waals surface area (Å²) < 4.78 is 0. The molecule has 74 valence electrons. The summed E-state index contributed by atoms with van der Waals surface area (Å²) in [5.74, 6) is 0. The molecule has 0 saturated carbocycles. The summed E-state index contributed by atoms with van der Waals surface area (Å²) in [6.07, 6.45) is 2.38. The summed E-state index contributed by atoms with van der Waals surface area (Å²) in [5, 5.41) is 0. The highest BCUT2D eigenvalue weighted by molar-refractivity contribution is 4.66. The molecule has 0 amide bonds. The topological polar surface area (TPSA) is 29.3 Å². The fourth-order valence-corrected chi connectivity index (χ4v) is 1.55. The molecule has 0 aromatic rings. The van der Waals surface area contributed by atoms with Gasteiger partial charge in [0.05, 0.1) is 0 Å². The van der Waals surface area contributed by atoms with Gasteiger partial charge in [-0.3, -0.25) is 4.90 Å². The van der Waals surface area contributed by atoms with E-state index in [9.17, 15) is 0 Å². The number of unbranched alkanes of at least 4 members (excludes halogenated alkanes) is 1. The van der Waals surface area contributed by atoms with Crippen molar-refractivity contribution in [1.29, 1.82) is 0 Å². The summed E-state index contributed by atoms with van der Waals surface area (Å²) in [7, 11) is 0. The second kappa shape index (κ2) is 6.44. The average Bonchev–Trinajstić information content (AvgIpc) is 1.96. The van der Waals surface area contributed by atoms with Crippen LogP contribution in [0.5, 0.6) is 0 Å². The molecule has 2 nitrogen and oxygen atoms in total. The van der Waals surface area contributed by atoms with Gasteiger partial charge in [0.2, 0.25) is 0 Å². The van der Waals surface area contributed by atoms with E-state index in [0.29, 0.717) is 12.1 Å². The zero-order valence-corrected chi connectivity index (χ0v) is 9.01. The highest BCUT2D eigenvalue weighted by Crippen LogP contribution is 2.06. The van der Waals surface area contributed by atoms with Crippen LogP contribution in [0.25, 0.3) is 0 Å². The lowest BCUT2D eigenvalue weighted by Gasteiger charge is -2.30. The first kappa shape index (κ1) is 11.9. The third-order valence-electron chi connectivity index (χ3n) is 2.20. The maximum atomic E-state index is 5.45. The Labute approximate surface area is 77.1 Å². The van der Waals surface area contributed by atoms with Crippen molar-refractivity contribution >= 4 is 0 Å². The number of rotatable bonds is 6. The molecule has 0 rings (SSSR count). The van der Waals surface area contributed by atoms with Crippen LogP contribution in [0.15, 0.2) is 0 Å². The lowest BCUT2D eigenvalue weighted by molar-refractivity contribution is 0.172. The molecule has 0 bridgehead atoms. The van der Waals surface area contributed by atoms with Crippen LogP contribution in [0, 0.1) is 0 Å². The molecule has 0 aliphatic rings. The van der Waals surface area contributed by atoms with Crippen LogP contribution >= 0.6 is 0 Å². The summed E-state index contributed by atoms with van der Waals surface area (Å²) in [4.78, 5) is 2.51. The van der Waals surface area contributed by atoms with Gasteiger partial charge in [0.1, 0.15) is 0 Å². The molecule has 0 unspecified atom stereocenters. The maximum absolute atomic E-state index is 5.45. The largest absolute Gasteiger partial charge is 0.330 e. The lowest BCUT2D eigenvalue weighted by Crippen LogP contribution is -2.37. The van der Waals surface area contributed by atoms with Gasteiger partial charge in [-0.15, -0.1) is 0 Å². The quantitative estimate of drug-likeness (QED) is 0.619. The SMILES string of the molecule is CC(C)N(CCCCN)C(C)C. The summed E-state index contributed by atoms with van der Waals surface area (Å²) in [6, 6.07) is 1.31. The molecular weight excluding hydrogens is 148 g/mol. The van der Waals surface area contributed by atoms with Crippen LogP contribution in [0.3, 0.4) is 0 Å². The fourth-order valence-electron chi connectivity index (χ4n) is 1.55. The molecule has 0 aliphatic carbocycles. The third-order valence-corrected chi connectivity index (χ3v) is 2.20. The van der Waals surface area contributed by atoms with E-state index in [0.717, 1.165) is 13.0 Å². The van der Waals surface area contributed by atoms with Crippen molar-refractivity contribution in [3.8, 4) is 0 Å². The summed E-state index contributed by atoms with van der Waals surface area (Å²) in [5.41, 5.74) is 5.45. The van der Waals surface area contributed by atoms with Crippen LogP contribution < -0.4 is 5.73 Å². The molecule has 2 heteroatoms. The standard InChI is InChI=1S/C10H24N2/c1-9(2)12(10(3)4)8-6-5-7-11/h9-10H,5-8,11H2,1-4H3. The zero-order chi connectivity index (χ0) is 9.56. The Morgan fingerprint density at radius 2 is 1.50 bits per heavy atom. The highest BCUT2D eigenvalue weighted by atomic mass is 15.2. The van der Waals surface area contributed by atoms with Gasteiger partial charge in [-0.1, -0.05) is 0 Å². The first-order chi connectivity index (χ1) is 5.59. The summed E-state index contributed by atoms with van der Waals surface area (Å²) >= 11 is 0. The molecule has 0 saturated heterocycles. The molecule has 0 heterocycles. The molecule has 0 aromatic carbocycles. The molecule has 0 fully saturated rings. The van der Waals surface area contributed by atoms with E-state index in [4.69, 9.17) is 5.73 Å². The van der Waals surface area contributed by atoms with E-state index in [1.165, 1.54) is 13.0 Å². The van der Waals surface area contributed by atoms with Crippen molar-refractivity contribution in [2.75, 3.05) is 13.1 Å². The van der Waals surface area contributed by atoms with E-state index in [2.05, 4.69) is 32.6 Å². The first-order valence-corrected chi connectivity index (χ1v) is 5.05. The lowest BCUT2D eigenvalue weighted by atomic mass is 10.2. The maximum Gasteiger partial charge on any atom is 0.00412 e. The Hall–Kier alpha value is -0.0800. The molecular formula is C10H24N2. The molecule has 0 radical (unpaired) electrons. The van der Waals surface area contributed by atoms with Gasteiger partial charge >= 0.3 is 0 Å². The number of nitrogens with zero attached hydrogens (tertiary/aromatic N) is 1. The van der Waals surface area contributed by atoms with Crippen LogP contribution in [0.1, 0.15) is 40.5 Å². The predicted octanol–water partition coefficient (Wildman–Crippen LogP) is 1.84. The number of nitrogens with two attached hydrogens (primary N) is 1. The van der Waals surface area contributed by atoms with Gasteiger partial charge in [0.15, 0.2) is 0 Å². The van der Waals surface area contributed by atoms with Gasteiger partial charge in [0.25, 0.3) is 0 Å². The van der Waals surface area contributed by atoms with E-state index in [1.54, 1.807) is 0 Å². The Bertz CT molecular complexity index is 92.0. The Morgan fingerprint density at radius 1 is 1.00 bits per heavy atom. The van der Waals surface area contributed by atoms with Crippen molar-refractivity contribution < 1.29 is 0 Å². The molecule has 0 aliphatic heterocycles. The second-order valence-corrected chi connectivity index (χ2v) is 3.92. The number of hydrogen-bond acceptors (Lipinski definition) is 2. The van der Waals surface area contributed by atoms with Crippen molar-refractivity contribution in [1.82, 2.24) is 4.90 Å². The van der Waals surface area contributed by atoms with E-state index in [-0.39, 0.29) is 0 Å². The Morgan fingerprint density at radius 3 is 1.83 bits per heavy atom. The molecule has 12 heavy (non-hydrogen) atoms. The van der Waals surface area contributed by atoms with Crippen LogP contribution in [0.4, 0.5) is 0 Å². The minimum atomic E-state index is 0.655. The van der Waals surface area contributed by atoms with Gasteiger partial charge < -0.3 is 5.73 Å². The van der Waals surface area contributed by atoms with Gasteiger partial charge in [-0.05, 0) is 53.6 Å². The normalized spacial score (nSPS) is 12.0. The minimum Gasteiger partial charge on any atom is -0.330 e. The van der Waals surface area contributed by atoms with E-state index >= 15 is 0 Å². The van der Waals surface area contributed by atoms with Crippen LogP contribution in [0.2, 0.25) is 0 Å². The van der Waals surface area contributed by atoms with Crippen molar-refractivity contribution in [2.45, 2.75) is 52.6 Å². The molecule has 0 spiro atoms. The predicted molar refractivity (Wildman–Crippen MR) is 55.3 cm³/mol. The van der Waals surface area contributed by atoms with Crippen LogP contribution in [-0.2, 0) is 0 Å². The molecule has 0 atom stereocenters. The Kier molecular flexibility index (Phi) is 6.39. The monoisotopic (exact) mass is 172 g/mol. The molecule has 2 N–H and O–H groups in total. The number of hydrogen-bond donors (Lipinski definition) is 1. The highest BCUT2D eigenvalue weighted by Gasteiger charge is 2.11. The van der Waals surface area contributed by atoms with Crippen molar-refractivity contribution in [2.24, 2.45) is 5.73 Å². The summed E-state index contributed by atoms with van der Waals surface area (Å²) in [6.45, 7) is 11.0. The van der Waals surface area contributed by atoms with Gasteiger partial charge in [-0.2, -0.15) is 0 Å². The van der Waals surface area contributed by atoms with Crippen LogP contribution in [-0.4, -0.2) is 30.1 Å². The molecule has 0 aromatic heterocycles. The van der Waals surface area contributed by atoms with Crippen molar-refractivity contribution in [3.05, 3.63) is 0 Å². The van der Waals surface area contributed by atoms with E-state index in [1.807, 2.05) is 0 Å². The zero-order valence-electron chi connectivity index (χ0n) is 9.01. The smallest absolute Gasteiger partial charge is 0.00412 e. The fraction of sp³-hybridized carbons (Fsp3) is 1.00. The average molecular weight is 172 g/mol. The first-order valence-electron chi connectivity index (χ1n) is 5.05. The van der Waals surface area contributed by atoms with Gasteiger partial charge in [-0.25, -0.2) is 0 Å².